The van der Waals surface area contributed by atoms with E-state index in [0.29, 0.717) is 11.3 Å². The predicted molar refractivity (Wildman–Crippen MR) is 63.2 cm³/mol. The zero-order valence-corrected chi connectivity index (χ0v) is 10.5. The minimum atomic E-state index is -1.52. The molecule has 0 atom stereocenters. The Balaban J connectivity index is 3.30. The third-order valence-corrected chi connectivity index (χ3v) is 2.34. The van der Waals surface area contributed by atoms with Crippen LogP contribution in [0.25, 0.3) is 0 Å². The number of nitrogens with one attached hydrogen (secondary N) is 1. The summed E-state index contributed by atoms with van der Waals surface area (Å²) in [5.74, 6) is 0.118. The second kappa shape index (κ2) is 4.54. The van der Waals surface area contributed by atoms with E-state index in [2.05, 4.69) is 0 Å². The number of amidine groups is 1. The van der Waals surface area contributed by atoms with Crippen molar-refractivity contribution in [2.75, 3.05) is 0 Å². The molecule has 0 aliphatic rings. The number of halogens is 3. The van der Waals surface area contributed by atoms with Crippen LogP contribution >= 0.6 is 34.8 Å². The first-order chi connectivity index (χ1) is 7.26. The van der Waals surface area contributed by atoms with Crippen LogP contribution < -0.4 is 5.73 Å². The molecule has 1 aromatic rings. The number of alkyl halides is 3. The second-order valence-corrected chi connectivity index (χ2v) is 5.67. The van der Waals surface area contributed by atoms with Crippen molar-refractivity contribution in [3.05, 3.63) is 22.6 Å². The highest BCUT2D eigenvalue weighted by molar-refractivity contribution is 6.67. The fraction of sp³-hybridized carbons (Fsp3) is 0.333. The van der Waals surface area contributed by atoms with Crippen LogP contribution in [-0.4, -0.2) is 9.63 Å². The Morgan fingerprint density at radius 1 is 1.56 bits per heavy atom. The molecule has 0 bridgehead atoms. The molecule has 0 amide bonds. The van der Waals surface area contributed by atoms with Gasteiger partial charge < -0.3 is 10.2 Å². The van der Waals surface area contributed by atoms with E-state index in [-0.39, 0.29) is 23.6 Å². The van der Waals surface area contributed by atoms with E-state index >= 15 is 0 Å². The topological polar surface area (TPSA) is 86.8 Å². The number of furan rings is 1. The number of hydrogen-bond acceptors (Lipinski definition) is 3. The van der Waals surface area contributed by atoms with Crippen LogP contribution in [0.3, 0.4) is 0 Å². The molecule has 86 valence electrons. The molecule has 0 unspecified atom stereocenters. The van der Waals surface area contributed by atoms with Gasteiger partial charge >= 0.3 is 0 Å². The molecule has 3 N–H and O–H groups in total. The molecule has 4 nitrogen and oxygen atoms in total. The van der Waals surface area contributed by atoms with Crippen LogP contribution in [0.2, 0.25) is 0 Å². The van der Waals surface area contributed by atoms with Crippen molar-refractivity contribution in [1.82, 2.24) is 0 Å². The zero-order chi connectivity index (χ0) is 12.5. The molecule has 0 radical (unpaired) electrons. The minimum Gasteiger partial charge on any atom is -0.456 e. The quantitative estimate of drug-likeness (QED) is 0.496. The highest BCUT2D eigenvalue weighted by Crippen LogP contribution is 2.34. The Morgan fingerprint density at radius 2 is 2.12 bits per heavy atom. The largest absolute Gasteiger partial charge is 0.456 e. The molecule has 7 heteroatoms. The number of nitrogen functional groups attached to an aromatic ring is 1. The summed E-state index contributed by atoms with van der Waals surface area (Å²) in [6.07, 6.45) is 0.0309. The molecule has 0 fully saturated rings. The van der Waals surface area contributed by atoms with Crippen LogP contribution in [0.5, 0.6) is 0 Å². The van der Waals surface area contributed by atoms with Gasteiger partial charge in [-0.2, -0.15) is 5.26 Å². The summed E-state index contributed by atoms with van der Waals surface area (Å²) in [7, 11) is 0. The lowest BCUT2D eigenvalue weighted by Gasteiger charge is -2.09. The average molecular weight is 281 g/mol. The molecular weight excluding hydrogens is 272 g/mol. The number of aryl methyl sites for hydroxylation is 1. The van der Waals surface area contributed by atoms with Crippen LogP contribution in [-0.2, 0) is 6.42 Å². The molecule has 0 aliphatic carbocycles. The van der Waals surface area contributed by atoms with Gasteiger partial charge in [-0.15, -0.1) is 0 Å². The molecule has 1 heterocycles. The van der Waals surface area contributed by atoms with Crippen molar-refractivity contribution >= 4 is 40.6 Å². The molecular formula is C9H8Cl3N3O. The van der Waals surface area contributed by atoms with Gasteiger partial charge in [-0.1, -0.05) is 34.8 Å². The molecule has 0 spiro atoms. The van der Waals surface area contributed by atoms with E-state index in [1.807, 2.05) is 6.07 Å². The maximum Gasteiger partial charge on any atom is 0.194 e. The van der Waals surface area contributed by atoms with E-state index in [0.717, 1.165) is 0 Å². The van der Waals surface area contributed by atoms with Gasteiger partial charge in [0, 0.05) is 12.0 Å². The van der Waals surface area contributed by atoms with Gasteiger partial charge in [-0.25, -0.2) is 0 Å². The van der Waals surface area contributed by atoms with Gasteiger partial charge in [-0.3, -0.25) is 5.41 Å². The summed E-state index contributed by atoms with van der Waals surface area (Å²) < 4.78 is 3.68. The Hall–Kier alpha value is -0.890. The Labute approximate surface area is 107 Å². The molecule has 1 aromatic heterocycles. The van der Waals surface area contributed by atoms with Crippen LogP contribution in [0.15, 0.2) is 4.42 Å². The Bertz CT molecular complexity index is 468. The SMILES string of the molecule is Cc1oc(C(=N)N)c(C#N)c1CC(Cl)(Cl)Cl. The van der Waals surface area contributed by atoms with E-state index in [4.69, 9.17) is 55.6 Å². The first-order valence-corrected chi connectivity index (χ1v) is 5.33. The van der Waals surface area contributed by atoms with Gasteiger partial charge in [0.1, 0.15) is 17.4 Å². The molecule has 0 aliphatic heterocycles. The average Bonchev–Trinajstić information content (AvgIpc) is 2.41. The van der Waals surface area contributed by atoms with E-state index in [9.17, 15) is 0 Å². The standard InChI is InChI=1S/C9H8Cl3N3O/c1-4-5(2-9(10,11)12)6(3-13)7(16-4)8(14)15/h2H2,1H3,(H3,14,15). The summed E-state index contributed by atoms with van der Waals surface area (Å²) in [5.41, 5.74) is 5.89. The van der Waals surface area contributed by atoms with Gasteiger partial charge in [0.2, 0.25) is 0 Å². The lowest BCUT2D eigenvalue weighted by Crippen LogP contribution is -2.13. The fourth-order valence-corrected chi connectivity index (χ4v) is 1.70. The van der Waals surface area contributed by atoms with Gasteiger partial charge in [0.25, 0.3) is 0 Å². The molecule has 0 aromatic carbocycles. The van der Waals surface area contributed by atoms with E-state index in [1.54, 1.807) is 6.92 Å². The van der Waals surface area contributed by atoms with Crippen molar-refractivity contribution in [3.8, 4) is 6.07 Å². The normalized spacial score (nSPS) is 11.2. The third-order valence-electron chi connectivity index (χ3n) is 1.94. The summed E-state index contributed by atoms with van der Waals surface area (Å²) >= 11 is 17.0. The first-order valence-electron chi connectivity index (χ1n) is 4.19. The molecule has 0 saturated carbocycles. The van der Waals surface area contributed by atoms with Crippen LogP contribution in [0.1, 0.15) is 22.6 Å². The molecule has 0 saturated heterocycles. The Kier molecular flexibility index (Phi) is 3.74. The van der Waals surface area contributed by atoms with Gasteiger partial charge in [0.05, 0.1) is 0 Å². The number of nitrogens with zero attached hydrogens (tertiary/aromatic N) is 1. The van der Waals surface area contributed by atoms with Crippen molar-refractivity contribution in [2.45, 2.75) is 17.1 Å². The highest BCUT2D eigenvalue weighted by Gasteiger charge is 2.28. The fourth-order valence-electron chi connectivity index (χ4n) is 1.30. The van der Waals surface area contributed by atoms with Gasteiger partial charge in [-0.05, 0) is 6.92 Å². The smallest absolute Gasteiger partial charge is 0.194 e. The minimum absolute atomic E-state index is 0.0178. The van der Waals surface area contributed by atoms with E-state index < -0.39 is 3.79 Å². The third kappa shape index (κ3) is 2.82. The number of hydrogen-bond donors (Lipinski definition) is 2. The molecule has 1 rings (SSSR count). The van der Waals surface area contributed by atoms with Crippen LogP contribution in [0.4, 0.5) is 0 Å². The predicted octanol–water partition coefficient (Wildman–Crippen LogP) is 2.66. The number of rotatable bonds is 2. The van der Waals surface area contributed by atoms with Crippen molar-refractivity contribution in [3.63, 3.8) is 0 Å². The summed E-state index contributed by atoms with van der Waals surface area (Å²) in [6, 6.07) is 1.90. The first kappa shape index (κ1) is 13.2. The van der Waals surface area contributed by atoms with Crippen molar-refractivity contribution in [1.29, 1.82) is 10.7 Å². The lowest BCUT2D eigenvalue weighted by molar-refractivity contribution is 0.520. The van der Waals surface area contributed by atoms with Crippen LogP contribution in [0, 0.1) is 23.7 Å². The number of nitriles is 1. The Morgan fingerprint density at radius 3 is 2.50 bits per heavy atom. The van der Waals surface area contributed by atoms with Gasteiger partial charge in [0.15, 0.2) is 15.4 Å². The maximum absolute atomic E-state index is 8.97. The highest BCUT2D eigenvalue weighted by atomic mass is 35.6. The van der Waals surface area contributed by atoms with Crippen molar-refractivity contribution < 1.29 is 4.42 Å². The lowest BCUT2D eigenvalue weighted by atomic mass is 10.1. The monoisotopic (exact) mass is 279 g/mol. The molecule has 16 heavy (non-hydrogen) atoms. The summed E-state index contributed by atoms with van der Waals surface area (Å²) in [6.45, 7) is 1.62. The number of nitrogens with two attached hydrogens (primary N) is 1. The van der Waals surface area contributed by atoms with E-state index in [1.165, 1.54) is 0 Å². The van der Waals surface area contributed by atoms with Crippen molar-refractivity contribution in [2.24, 2.45) is 5.73 Å². The second-order valence-electron chi connectivity index (χ2n) is 3.16. The maximum atomic E-state index is 8.97. The summed E-state index contributed by atoms with van der Waals surface area (Å²) in [4.78, 5) is 0. The zero-order valence-electron chi connectivity index (χ0n) is 8.27. The summed E-state index contributed by atoms with van der Waals surface area (Å²) in [5, 5.41) is 16.2.